The third-order valence-electron chi connectivity index (χ3n) is 5.49. The number of para-hydroxylation sites is 2. The molecule has 2 heterocycles. The van der Waals surface area contributed by atoms with Crippen LogP contribution in [0.1, 0.15) is 39.0 Å². The molecule has 1 fully saturated rings. The maximum absolute atomic E-state index is 12.6. The summed E-state index contributed by atoms with van der Waals surface area (Å²) in [5.41, 5.74) is 0.768. The Labute approximate surface area is 177 Å². The number of amides is 3. The molecule has 0 bridgehead atoms. The summed E-state index contributed by atoms with van der Waals surface area (Å²) < 4.78 is 5.58. The number of likely N-dealkylation sites (tertiary alicyclic amines) is 1. The average Bonchev–Trinajstić information content (AvgIpc) is 2.77. The van der Waals surface area contributed by atoms with Gasteiger partial charge in [0.2, 0.25) is 17.7 Å². The van der Waals surface area contributed by atoms with Crippen molar-refractivity contribution in [2.45, 2.75) is 45.1 Å². The van der Waals surface area contributed by atoms with Crippen molar-refractivity contribution in [3.8, 4) is 5.75 Å². The minimum Gasteiger partial charge on any atom is -0.490 e. The molecular formula is C22H32N4O4. The van der Waals surface area contributed by atoms with Gasteiger partial charge in [-0.25, -0.2) is 0 Å². The van der Waals surface area contributed by atoms with Crippen LogP contribution in [0.15, 0.2) is 24.3 Å². The van der Waals surface area contributed by atoms with Gasteiger partial charge in [-0.3, -0.25) is 19.3 Å². The predicted octanol–water partition coefficient (Wildman–Crippen LogP) is 1.30. The maximum Gasteiger partial charge on any atom is 0.234 e. The zero-order valence-electron chi connectivity index (χ0n) is 17.7. The number of nitrogens with zero attached hydrogens (tertiary/aromatic N) is 2. The van der Waals surface area contributed by atoms with Crippen LogP contribution in [-0.2, 0) is 14.4 Å². The molecule has 0 aromatic heterocycles. The van der Waals surface area contributed by atoms with E-state index in [9.17, 15) is 14.4 Å². The second kappa shape index (κ2) is 11.0. The number of hydrogen-bond donors (Lipinski definition) is 2. The van der Waals surface area contributed by atoms with Gasteiger partial charge in [-0.2, -0.15) is 0 Å². The van der Waals surface area contributed by atoms with Gasteiger partial charge >= 0.3 is 0 Å². The molecule has 0 aliphatic carbocycles. The molecule has 0 atom stereocenters. The van der Waals surface area contributed by atoms with Crippen molar-refractivity contribution in [3.63, 3.8) is 0 Å². The Balaban J connectivity index is 1.37. The standard InChI is InChI=1S/C22H32N4O4/c1-2-11-23-21(28)16-25-12-9-17(10-13-25)24-20(27)7-8-22(29)26-14-15-30-19-6-4-3-5-18(19)26/h3-6,17H,2,7-16H2,1H3,(H,23,28)(H,24,27). The van der Waals surface area contributed by atoms with E-state index in [0.29, 0.717) is 32.0 Å². The predicted molar refractivity (Wildman–Crippen MR) is 114 cm³/mol. The minimum absolute atomic E-state index is 0.0579. The highest BCUT2D eigenvalue weighted by Crippen LogP contribution is 2.31. The molecule has 3 amide bonds. The van der Waals surface area contributed by atoms with Crippen LogP contribution in [-0.4, -0.2) is 68.0 Å². The smallest absolute Gasteiger partial charge is 0.234 e. The molecule has 2 N–H and O–H groups in total. The molecule has 2 aliphatic heterocycles. The molecule has 3 rings (SSSR count). The Kier molecular flexibility index (Phi) is 8.07. The molecule has 0 saturated carbocycles. The number of anilines is 1. The van der Waals surface area contributed by atoms with Gasteiger partial charge < -0.3 is 20.3 Å². The van der Waals surface area contributed by atoms with Gasteiger partial charge in [-0.05, 0) is 31.4 Å². The molecule has 1 saturated heterocycles. The normalized spacial score (nSPS) is 17.0. The van der Waals surface area contributed by atoms with Gasteiger partial charge in [0.25, 0.3) is 0 Å². The lowest BCUT2D eigenvalue weighted by Gasteiger charge is -2.32. The number of ether oxygens (including phenoxy) is 1. The van der Waals surface area contributed by atoms with Crippen LogP contribution in [0.5, 0.6) is 5.75 Å². The van der Waals surface area contributed by atoms with Crippen molar-refractivity contribution in [2.24, 2.45) is 0 Å². The van der Waals surface area contributed by atoms with Gasteiger partial charge in [0.1, 0.15) is 12.4 Å². The number of carbonyl (C=O) groups excluding carboxylic acids is 3. The number of nitrogens with one attached hydrogen (secondary N) is 2. The fourth-order valence-electron chi connectivity index (χ4n) is 3.84. The van der Waals surface area contributed by atoms with Crippen LogP contribution in [0.4, 0.5) is 5.69 Å². The SMILES string of the molecule is CCCNC(=O)CN1CCC(NC(=O)CCC(=O)N2CCOc3ccccc32)CC1. The van der Waals surface area contributed by atoms with Gasteiger partial charge in [0.05, 0.1) is 18.8 Å². The van der Waals surface area contributed by atoms with Gasteiger partial charge in [-0.1, -0.05) is 19.1 Å². The van der Waals surface area contributed by atoms with Crippen molar-refractivity contribution >= 4 is 23.4 Å². The Morgan fingerprint density at radius 2 is 1.83 bits per heavy atom. The Hall–Kier alpha value is -2.61. The minimum atomic E-state index is -0.0935. The zero-order chi connectivity index (χ0) is 21.3. The van der Waals surface area contributed by atoms with Gasteiger partial charge in [0, 0.05) is 38.5 Å². The number of rotatable bonds is 8. The molecule has 8 heteroatoms. The van der Waals surface area contributed by atoms with Crippen LogP contribution in [0.25, 0.3) is 0 Å². The summed E-state index contributed by atoms with van der Waals surface area (Å²) in [6.45, 7) is 5.69. The number of hydrogen-bond acceptors (Lipinski definition) is 5. The van der Waals surface area contributed by atoms with Crippen LogP contribution < -0.4 is 20.3 Å². The van der Waals surface area contributed by atoms with Crippen LogP contribution in [0.3, 0.4) is 0 Å². The zero-order valence-corrected chi connectivity index (χ0v) is 17.7. The van der Waals surface area contributed by atoms with E-state index in [-0.39, 0.29) is 36.6 Å². The highest BCUT2D eigenvalue weighted by molar-refractivity contribution is 5.97. The summed E-state index contributed by atoms with van der Waals surface area (Å²) in [7, 11) is 0. The second-order valence-electron chi connectivity index (χ2n) is 7.83. The van der Waals surface area contributed by atoms with Crippen LogP contribution >= 0.6 is 0 Å². The van der Waals surface area contributed by atoms with E-state index in [1.807, 2.05) is 31.2 Å². The Bertz CT molecular complexity index is 746. The topological polar surface area (TPSA) is 91.0 Å². The third kappa shape index (κ3) is 6.19. The highest BCUT2D eigenvalue weighted by Gasteiger charge is 2.25. The summed E-state index contributed by atoms with van der Waals surface area (Å²) >= 11 is 0. The van der Waals surface area contributed by atoms with E-state index in [1.165, 1.54) is 0 Å². The summed E-state index contributed by atoms with van der Waals surface area (Å²) in [6, 6.07) is 7.57. The van der Waals surface area contributed by atoms with Crippen LogP contribution in [0.2, 0.25) is 0 Å². The van der Waals surface area contributed by atoms with Gasteiger partial charge in [0.15, 0.2) is 0 Å². The molecule has 0 radical (unpaired) electrons. The largest absolute Gasteiger partial charge is 0.490 e. The lowest BCUT2D eigenvalue weighted by atomic mass is 10.0. The second-order valence-corrected chi connectivity index (χ2v) is 7.83. The number of benzene rings is 1. The number of piperidine rings is 1. The van der Waals surface area contributed by atoms with Crippen LogP contribution in [0, 0.1) is 0 Å². The first-order valence-electron chi connectivity index (χ1n) is 10.9. The van der Waals surface area contributed by atoms with E-state index in [0.717, 1.165) is 38.0 Å². The Morgan fingerprint density at radius 1 is 1.07 bits per heavy atom. The van der Waals surface area contributed by atoms with E-state index in [1.54, 1.807) is 4.90 Å². The summed E-state index contributed by atoms with van der Waals surface area (Å²) in [4.78, 5) is 40.6. The molecule has 8 nitrogen and oxygen atoms in total. The molecule has 0 unspecified atom stereocenters. The molecular weight excluding hydrogens is 384 g/mol. The van der Waals surface area contributed by atoms with E-state index in [4.69, 9.17) is 4.74 Å². The van der Waals surface area contributed by atoms with E-state index >= 15 is 0 Å². The monoisotopic (exact) mass is 416 g/mol. The quantitative estimate of drug-likeness (QED) is 0.667. The maximum atomic E-state index is 12.6. The average molecular weight is 417 g/mol. The first-order valence-corrected chi connectivity index (χ1v) is 10.9. The third-order valence-corrected chi connectivity index (χ3v) is 5.49. The molecule has 164 valence electrons. The van der Waals surface area contributed by atoms with Crippen molar-refractivity contribution < 1.29 is 19.1 Å². The number of carbonyl (C=O) groups is 3. The van der Waals surface area contributed by atoms with Gasteiger partial charge in [-0.15, -0.1) is 0 Å². The lowest BCUT2D eigenvalue weighted by molar-refractivity contribution is -0.126. The van der Waals surface area contributed by atoms with Crippen molar-refractivity contribution in [1.82, 2.24) is 15.5 Å². The summed E-state index contributed by atoms with van der Waals surface area (Å²) in [5.74, 6) is 0.608. The van der Waals surface area contributed by atoms with Crippen molar-refractivity contribution in [1.29, 1.82) is 0 Å². The molecule has 0 spiro atoms. The molecule has 1 aromatic carbocycles. The fourth-order valence-corrected chi connectivity index (χ4v) is 3.84. The molecule has 2 aliphatic rings. The summed E-state index contributed by atoms with van der Waals surface area (Å²) in [6.07, 6.45) is 2.92. The first kappa shape index (κ1) is 22.1. The molecule has 1 aromatic rings. The van der Waals surface area contributed by atoms with Crippen molar-refractivity contribution in [3.05, 3.63) is 24.3 Å². The molecule has 30 heavy (non-hydrogen) atoms. The van der Waals surface area contributed by atoms with E-state index in [2.05, 4.69) is 15.5 Å². The highest BCUT2D eigenvalue weighted by atomic mass is 16.5. The summed E-state index contributed by atoms with van der Waals surface area (Å²) in [5, 5.41) is 5.93. The lowest BCUT2D eigenvalue weighted by Crippen LogP contribution is -2.47. The first-order chi connectivity index (χ1) is 14.6. The van der Waals surface area contributed by atoms with Crippen molar-refractivity contribution in [2.75, 3.05) is 44.2 Å². The van der Waals surface area contributed by atoms with E-state index < -0.39 is 0 Å². The fraction of sp³-hybridized carbons (Fsp3) is 0.591. The number of fused-ring (bicyclic) bond motifs is 1. The Morgan fingerprint density at radius 3 is 2.60 bits per heavy atom.